The largest absolute Gasteiger partial charge is 0.385 e. The quantitative estimate of drug-likeness (QED) is 0.190. The Bertz CT molecular complexity index is 2550. The van der Waals surface area contributed by atoms with Gasteiger partial charge in [-0.15, -0.1) is 5.10 Å². The van der Waals surface area contributed by atoms with Crippen molar-refractivity contribution in [2.45, 2.75) is 44.3 Å². The van der Waals surface area contributed by atoms with Gasteiger partial charge in [0.2, 0.25) is 5.91 Å². The zero-order valence-electron chi connectivity index (χ0n) is 32.3. The Morgan fingerprint density at radius 2 is 1.73 bits per heavy atom. The molecular formula is C42H41ClFN11O4. The third-order valence-electron chi connectivity index (χ3n) is 12.4. The number of imidazole rings is 1. The van der Waals surface area contributed by atoms with Crippen LogP contribution >= 0.6 is 11.6 Å². The van der Waals surface area contributed by atoms with Crippen molar-refractivity contribution in [2.75, 3.05) is 66.3 Å². The predicted octanol–water partition coefficient (Wildman–Crippen LogP) is 5.21. The molecule has 4 aliphatic heterocycles. The van der Waals surface area contributed by atoms with Crippen molar-refractivity contribution in [2.24, 2.45) is 5.41 Å². The van der Waals surface area contributed by atoms with Crippen LogP contribution in [0.4, 0.5) is 37.8 Å². The molecule has 10 rings (SSSR count). The van der Waals surface area contributed by atoms with Crippen molar-refractivity contribution in [3.63, 3.8) is 0 Å². The number of hydrogen-bond donors (Lipinski definition) is 3. The summed E-state index contributed by atoms with van der Waals surface area (Å²) in [5.41, 5.74) is 7.69. The monoisotopic (exact) mass is 817 g/mol. The molecule has 3 N–H and O–H groups in total. The number of likely N-dealkylation sites (tertiary alicyclic amines) is 1. The van der Waals surface area contributed by atoms with E-state index in [0.29, 0.717) is 48.8 Å². The number of halogens is 2. The number of nitrogens with zero attached hydrogens (tertiary/aromatic N) is 8. The van der Waals surface area contributed by atoms with Crippen LogP contribution in [-0.4, -0.2) is 107 Å². The molecule has 7 heterocycles. The van der Waals surface area contributed by atoms with Crippen molar-refractivity contribution in [1.29, 1.82) is 0 Å². The summed E-state index contributed by atoms with van der Waals surface area (Å²) in [5, 5.41) is 13.4. The lowest BCUT2D eigenvalue weighted by Gasteiger charge is -2.54. The van der Waals surface area contributed by atoms with Gasteiger partial charge in [-0.2, -0.15) is 0 Å². The summed E-state index contributed by atoms with van der Waals surface area (Å²) in [6.45, 7) is 4.02. The molecule has 0 bridgehead atoms. The fourth-order valence-corrected chi connectivity index (χ4v) is 9.21. The number of nitrogens with one attached hydrogen (secondary N) is 3. The van der Waals surface area contributed by atoms with Crippen molar-refractivity contribution < 1.29 is 23.6 Å². The van der Waals surface area contributed by atoms with Crippen LogP contribution in [0.15, 0.2) is 67.0 Å². The standard InChI is InChI=1S/C42H41ClFN11O4/c1-45-32-19-36(50-55-35(21-47-38(32)55)39(57)48-31-18-29(31)44)53-13-9-27-26(3-2-4-33(27)53)30-7-6-25(20-46-30)51-15-11-42(12-16-51)22-52(23-42)40(58)24-5-8-34(28(43)17-24)54-14-10-37(56)49-41(54)59/h2-8,17,19-21,29,31,45H,9-16,18,22-23H2,1H3,(H,48,57)(H,49,56,59)/t29-,31+/m0/s1. The van der Waals surface area contributed by atoms with Crippen LogP contribution in [0.5, 0.6) is 0 Å². The molecule has 0 radical (unpaired) electrons. The summed E-state index contributed by atoms with van der Waals surface area (Å²) >= 11 is 6.52. The number of alkyl halides is 1. The maximum Gasteiger partial charge on any atom is 0.328 e. The highest BCUT2D eigenvalue weighted by atomic mass is 35.5. The van der Waals surface area contributed by atoms with Gasteiger partial charge in [-0.25, -0.2) is 18.7 Å². The first-order valence-electron chi connectivity index (χ1n) is 19.9. The van der Waals surface area contributed by atoms with Crippen LogP contribution in [-0.2, 0) is 11.2 Å². The van der Waals surface area contributed by atoms with Gasteiger partial charge in [-0.05, 0) is 61.2 Å². The Balaban J connectivity index is 0.785. The molecule has 2 aromatic carbocycles. The molecule has 17 heteroatoms. The molecular weight excluding hydrogens is 777 g/mol. The molecule has 1 spiro atoms. The number of fused-ring (bicyclic) bond motifs is 2. The Morgan fingerprint density at radius 1 is 0.932 bits per heavy atom. The second kappa shape index (κ2) is 14.2. The topological polar surface area (TPSA) is 160 Å². The van der Waals surface area contributed by atoms with E-state index in [-0.39, 0.29) is 40.9 Å². The minimum Gasteiger partial charge on any atom is -0.385 e. The van der Waals surface area contributed by atoms with Gasteiger partial charge in [0.05, 0.1) is 46.2 Å². The van der Waals surface area contributed by atoms with E-state index in [4.69, 9.17) is 21.7 Å². The second-order valence-electron chi connectivity index (χ2n) is 16.1. The van der Waals surface area contributed by atoms with Gasteiger partial charge < -0.3 is 25.3 Å². The van der Waals surface area contributed by atoms with Gasteiger partial charge in [0.25, 0.3) is 11.8 Å². The highest BCUT2D eigenvalue weighted by Gasteiger charge is 2.47. The summed E-state index contributed by atoms with van der Waals surface area (Å²) in [5.74, 6) is -0.148. The van der Waals surface area contributed by atoms with Crippen molar-refractivity contribution in [3.05, 3.63) is 88.8 Å². The first kappa shape index (κ1) is 37.0. The highest BCUT2D eigenvalue weighted by Crippen LogP contribution is 2.43. The van der Waals surface area contributed by atoms with E-state index in [1.165, 1.54) is 21.2 Å². The number of anilines is 5. The number of urea groups is 1. The van der Waals surface area contributed by atoms with E-state index < -0.39 is 24.2 Å². The lowest BCUT2D eigenvalue weighted by molar-refractivity contribution is -0.120. The Labute approximate surface area is 343 Å². The van der Waals surface area contributed by atoms with Gasteiger partial charge in [0.1, 0.15) is 6.17 Å². The summed E-state index contributed by atoms with van der Waals surface area (Å²) < 4.78 is 15.1. The molecule has 5 amide bonds. The summed E-state index contributed by atoms with van der Waals surface area (Å²) in [6.07, 6.45) is 5.62. The highest BCUT2D eigenvalue weighted by molar-refractivity contribution is 6.34. The molecule has 2 atom stereocenters. The molecule has 3 saturated heterocycles. The molecule has 1 aliphatic carbocycles. The number of aromatic nitrogens is 4. The number of rotatable bonds is 8. The smallest absolute Gasteiger partial charge is 0.328 e. The molecule has 59 heavy (non-hydrogen) atoms. The third kappa shape index (κ3) is 6.55. The molecule has 4 fully saturated rings. The number of benzene rings is 2. The van der Waals surface area contributed by atoms with Crippen LogP contribution in [0.3, 0.4) is 0 Å². The van der Waals surface area contributed by atoms with Gasteiger partial charge in [-0.1, -0.05) is 23.7 Å². The average molecular weight is 818 g/mol. The SMILES string of the molecule is CNc1cc(N2CCc3c(-c4ccc(N5CCC6(CC5)CN(C(=O)c5ccc(N7CCC(=O)NC7=O)c(Cl)c5)C6)cn4)cccc32)nn2c(C(=O)N[C@@H]3C[C@@H]3F)cnc12. The molecule has 3 aromatic heterocycles. The van der Waals surface area contributed by atoms with E-state index in [1.807, 2.05) is 23.2 Å². The normalized spacial score (nSPS) is 20.7. The molecule has 302 valence electrons. The number of pyridine rings is 1. The third-order valence-corrected chi connectivity index (χ3v) is 12.7. The number of imide groups is 1. The van der Waals surface area contributed by atoms with Gasteiger partial charge in [0, 0.05) is 87.5 Å². The van der Waals surface area contributed by atoms with Gasteiger partial charge >= 0.3 is 6.03 Å². The molecule has 0 unspecified atom stereocenters. The zero-order valence-corrected chi connectivity index (χ0v) is 33.0. The van der Waals surface area contributed by atoms with Crippen LogP contribution < -0.4 is 30.7 Å². The van der Waals surface area contributed by atoms with E-state index in [1.54, 1.807) is 25.2 Å². The maximum atomic E-state index is 13.6. The Hall–Kier alpha value is -6.29. The first-order valence-corrected chi connectivity index (χ1v) is 20.3. The van der Waals surface area contributed by atoms with Crippen LogP contribution in [0.1, 0.15) is 52.1 Å². The Kier molecular flexibility index (Phi) is 8.92. The number of piperidine rings is 1. The van der Waals surface area contributed by atoms with Gasteiger partial charge in [-0.3, -0.25) is 29.6 Å². The van der Waals surface area contributed by atoms with Gasteiger partial charge in [0.15, 0.2) is 17.2 Å². The van der Waals surface area contributed by atoms with E-state index in [9.17, 15) is 23.6 Å². The number of hydrogen-bond acceptors (Lipinski definition) is 10. The average Bonchev–Trinajstić information content (AvgIpc) is 3.55. The van der Waals surface area contributed by atoms with Crippen LogP contribution in [0.2, 0.25) is 5.02 Å². The lowest BCUT2D eigenvalue weighted by Crippen LogP contribution is -2.62. The predicted molar refractivity (Wildman–Crippen MR) is 220 cm³/mol. The summed E-state index contributed by atoms with van der Waals surface area (Å²) in [7, 11) is 1.80. The van der Waals surface area contributed by atoms with Crippen molar-refractivity contribution in [1.82, 2.24) is 35.1 Å². The molecule has 15 nitrogen and oxygen atoms in total. The van der Waals surface area contributed by atoms with E-state index in [2.05, 4.69) is 55.0 Å². The maximum absolute atomic E-state index is 13.6. The minimum atomic E-state index is -1.01. The summed E-state index contributed by atoms with van der Waals surface area (Å²) in [4.78, 5) is 67.4. The molecule has 1 saturated carbocycles. The zero-order chi connectivity index (χ0) is 40.6. The fourth-order valence-electron chi connectivity index (χ4n) is 8.92. The van der Waals surface area contributed by atoms with Crippen LogP contribution in [0, 0.1) is 5.41 Å². The second-order valence-corrected chi connectivity index (χ2v) is 16.5. The molecule has 5 aromatic rings. The molecule has 5 aliphatic rings. The fraction of sp³-hybridized carbons (Fsp3) is 0.357. The summed E-state index contributed by atoms with van der Waals surface area (Å²) in [6, 6.07) is 16.3. The lowest BCUT2D eigenvalue weighted by atomic mass is 9.71. The first-order chi connectivity index (χ1) is 28.6. The Morgan fingerprint density at radius 3 is 2.44 bits per heavy atom. The number of carbonyl (C=O) groups is 4. The van der Waals surface area contributed by atoms with Crippen molar-refractivity contribution >= 4 is 69.6 Å². The van der Waals surface area contributed by atoms with Crippen LogP contribution in [0.25, 0.3) is 16.9 Å². The van der Waals surface area contributed by atoms with Crippen molar-refractivity contribution in [3.8, 4) is 11.3 Å². The number of amides is 5. The number of carbonyl (C=O) groups excluding carboxylic acids is 4. The minimum absolute atomic E-state index is 0.0763. The van der Waals surface area contributed by atoms with E-state index in [0.717, 1.165) is 60.7 Å². The van der Waals surface area contributed by atoms with E-state index >= 15 is 0 Å².